The number of aryl methyl sites for hydroxylation is 1. The number of thiophene rings is 1. The fourth-order valence-electron chi connectivity index (χ4n) is 3.20. The number of hydrogen-bond acceptors (Lipinski definition) is 5. The van der Waals surface area contributed by atoms with E-state index in [4.69, 9.17) is 0 Å². The van der Waals surface area contributed by atoms with Gasteiger partial charge in [0.1, 0.15) is 10.9 Å². The SMILES string of the molecule is CCC(C(=O)O)n1cnc2sc3c(c2c1=O)C(C(=O)O)CCC3. The predicted octanol–water partition coefficient (Wildman–Crippen LogP) is 2.00. The maximum absolute atomic E-state index is 12.8. The van der Waals surface area contributed by atoms with Crippen molar-refractivity contribution in [2.75, 3.05) is 0 Å². The number of fused-ring (bicyclic) bond motifs is 3. The zero-order chi connectivity index (χ0) is 16.7. The van der Waals surface area contributed by atoms with E-state index < -0.39 is 29.5 Å². The van der Waals surface area contributed by atoms with Crippen molar-refractivity contribution in [3.05, 3.63) is 27.1 Å². The van der Waals surface area contributed by atoms with Crippen LogP contribution in [-0.2, 0) is 16.0 Å². The fraction of sp³-hybridized carbons (Fsp3) is 0.467. The Labute approximate surface area is 135 Å². The lowest BCUT2D eigenvalue weighted by Gasteiger charge is -2.19. The van der Waals surface area contributed by atoms with Crippen molar-refractivity contribution in [1.29, 1.82) is 0 Å². The first-order valence-corrected chi connectivity index (χ1v) is 8.25. The highest BCUT2D eigenvalue weighted by atomic mass is 32.1. The Bertz CT molecular complexity index is 853. The van der Waals surface area contributed by atoms with Crippen LogP contribution in [0.2, 0.25) is 0 Å². The van der Waals surface area contributed by atoms with Crippen molar-refractivity contribution in [3.63, 3.8) is 0 Å². The second kappa shape index (κ2) is 5.77. The number of carboxylic acids is 2. The number of carbonyl (C=O) groups is 2. The number of hydrogen-bond donors (Lipinski definition) is 2. The van der Waals surface area contributed by atoms with E-state index in [1.54, 1.807) is 6.92 Å². The Morgan fingerprint density at radius 1 is 1.48 bits per heavy atom. The van der Waals surface area contributed by atoms with Crippen LogP contribution in [0, 0.1) is 0 Å². The molecule has 0 radical (unpaired) electrons. The molecule has 3 rings (SSSR count). The first kappa shape index (κ1) is 15.7. The quantitative estimate of drug-likeness (QED) is 0.884. The van der Waals surface area contributed by atoms with Crippen LogP contribution >= 0.6 is 11.3 Å². The Morgan fingerprint density at radius 2 is 2.22 bits per heavy atom. The summed E-state index contributed by atoms with van der Waals surface area (Å²) in [7, 11) is 0. The molecular formula is C15H16N2O5S. The van der Waals surface area contributed by atoms with E-state index in [0.717, 1.165) is 22.3 Å². The summed E-state index contributed by atoms with van der Waals surface area (Å²) in [6.07, 6.45) is 3.48. The van der Waals surface area contributed by atoms with Gasteiger partial charge in [-0.15, -0.1) is 11.3 Å². The molecule has 0 saturated carbocycles. The maximum Gasteiger partial charge on any atom is 0.326 e. The summed E-state index contributed by atoms with van der Waals surface area (Å²) in [4.78, 5) is 41.3. The summed E-state index contributed by atoms with van der Waals surface area (Å²) in [6.45, 7) is 1.68. The molecule has 2 unspecified atom stereocenters. The highest BCUT2D eigenvalue weighted by Gasteiger charge is 2.32. The minimum atomic E-state index is -1.10. The van der Waals surface area contributed by atoms with Gasteiger partial charge in [-0.2, -0.15) is 0 Å². The average molecular weight is 336 g/mol. The number of rotatable bonds is 4. The van der Waals surface area contributed by atoms with Gasteiger partial charge in [-0.3, -0.25) is 14.2 Å². The van der Waals surface area contributed by atoms with E-state index in [-0.39, 0.29) is 11.8 Å². The van der Waals surface area contributed by atoms with Gasteiger partial charge in [-0.05, 0) is 31.2 Å². The third-order valence-electron chi connectivity index (χ3n) is 4.30. The van der Waals surface area contributed by atoms with Crippen LogP contribution in [0.4, 0.5) is 0 Å². The van der Waals surface area contributed by atoms with E-state index in [1.807, 2.05) is 0 Å². The summed E-state index contributed by atoms with van der Waals surface area (Å²) < 4.78 is 1.10. The zero-order valence-corrected chi connectivity index (χ0v) is 13.3. The van der Waals surface area contributed by atoms with Crippen molar-refractivity contribution in [1.82, 2.24) is 9.55 Å². The molecular weight excluding hydrogens is 320 g/mol. The summed E-state index contributed by atoms with van der Waals surface area (Å²) in [5.41, 5.74) is 0.0748. The Morgan fingerprint density at radius 3 is 2.83 bits per heavy atom. The van der Waals surface area contributed by atoms with Gasteiger partial charge in [0, 0.05) is 4.88 Å². The van der Waals surface area contributed by atoms with E-state index in [0.29, 0.717) is 16.8 Å². The van der Waals surface area contributed by atoms with Crippen LogP contribution in [0.1, 0.15) is 48.6 Å². The molecule has 0 bridgehead atoms. The molecule has 2 aromatic heterocycles. The van der Waals surface area contributed by atoms with Gasteiger partial charge in [0.15, 0.2) is 0 Å². The minimum Gasteiger partial charge on any atom is -0.481 e. The second-order valence-electron chi connectivity index (χ2n) is 5.62. The van der Waals surface area contributed by atoms with Crippen LogP contribution in [0.5, 0.6) is 0 Å². The van der Waals surface area contributed by atoms with Gasteiger partial charge < -0.3 is 10.2 Å². The van der Waals surface area contributed by atoms with Crippen molar-refractivity contribution >= 4 is 33.5 Å². The number of aromatic nitrogens is 2. The molecule has 0 aromatic carbocycles. The van der Waals surface area contributed by atoms with Crippen LogP contribution in [-0.4, -0.2) is 31.7 Å². The molecule has 23 heavy (non-hydrogen) atoms. The smallest absolute Gasteiger partial charge is 0.326 e. The van der Waals surface area contributed by atoms with Crippen molar-refractivity contribution in [2.24, 2.45) is 0 Å². The van der Waals surface area contributed by atoms with Crippen LogP contribution in [0.3, 0.4) is 0 Å². The molecule has 8 heteroatoms. The molecule has 7 nitrogen and oxygen atoms in total. The minimum absolute atomic E-state index is 0.247. The Kier molecular flexibility index (Phi) is 3.93. The third-order valence-corrected chi connectivity index (χ3v) is 5.48. The fourth-order valence-corrected chi connectivity index (χ4v) is 4.43. The molecule has 1 aliphatic rings. The largest absolute Gasteiger partial charge is 0.481 e. The van der Waals surface area contributed by atoms with E-state index in [9.17, 15) is 24.6 Å². The Hall–Kier alpha value is -2.22. The number of carboxylic acid groups (broad SMARTS) is 2. The molecule has 0 aliphatic heterocycles. The van der Waals surface area contributed by atoms with Crippen LogP contribution < -0.4 is 5.56 Å². The van der Waals surface area contributed by atoms with Gasteiger partial charge in [-0.25, -0.2) is 9.78 Å². The topological polar surface area (TPSA) is 109 Å². The normalized spacial score (nSPS) is 18.6. The van der Waals surface area contributed by atoms with E-state index >= 15 is 0 Å². The predicted molar refractivity (Wildman–Crippen MR) is 84.2 cm³/mol. The molecule has 2 atom stereocenters. The van der Waals surface area contributed by atoms with Gasteiger partial charge >= 0.3 is 11.9 Å². The van der Waals surface area contributed by atoms with Gasteiger partial charge in [0.2, 0.25) is 0 Å². The van der Waals surface area contributed by atoms with Crippen molar-refractivity contribution < 1.29 is 19.8 Å². The number of nitrogens with zero attached hydrogens (tertiary/aromatic N) is 2. The molecule has 2 heterocycles. The molecule has 0 saturated heterocycles. The molecule has 0 fully saturated rings. The van der Waals surface area contributed by atoms with Gasteiger partial charge in [0.05, 0.1) is 17.6 Å². The second-order valence-corrected chi connectivity index (χ2v) is 6.71. The molecule has 122 valence electrons. The van der Waals surface area contributed by atoms with Crippen LogP contribution in [0.15, 0.2) is 11.1 Å². The summed E-state index contributed by atoms with van der Waals surface area (Å²) >= 11 is 1.34. The van der Waals surface area contributed by atoms with Gasteiger partial charge in [-0.1, -0.05) is 6.92 Å². The highest BCUT2D eigenvalue weighted by Crippen LogP contribution is 2.40. The zero-order valence-electron chi connectivity index (χ0n) is 12.5. The number of aliphatic carboxylic acids is 2. The van der Waals surface area contributed by atoms with E-state index in [1.165, 1.54) is 17.7 Å². The first-order chi connectivity index (χ1) is 11.0. The highest BCUT2D eigenvalue weighted by molar-refractivity contribution is 7.18. The summed E-state index contributed by atoms with van der Waals surface area (Å²) in [5, 5.41) is 19.0. The monoisotopic (exact) mass is 336 g/mol. The standard InChI is InChI=1S/C15H16N2O5S/c1-2-8(15(21)22)17-6-16-12-11(13(17)18)10-7(14(19)20)4-3-5-9(10)23-12/h6-8H,2-5H2,1H3,(H,19,20)(H,21,22). The average Bonchev–Trinajstić information content (AvgIpc) is 2.88. The summed E-state index contributed by atoms with van der Waals surface area (Å²) in [5.74, 6) is -2.77. The third kappa shape index (κ3) is 2.42. The molecule has 2 N–H and O–H groups in total. The van der Waals surface area contributed by atoms with Gasteiger partial charge in [0.25, 0.3) is 5.56 Å². The van der Waals surface area contributed by atoms with Crippen LogP contribution in [0.25, 0.3) is 10.2 Å². The molecule has 0 spiro atoms. The van der Waals surface area contributed by atoms with Crippen molar-refractivity contribution in [3.8, 4) is 0 Å². The lowest BCUT2D eigenvalue weighted by molar-refractivity contribution is -0.141. The molecule has 0 amide bonds. The van der Waals surface area contributed by atoms with E-state index in [2.05, 4.69) is 4.98 Å². The molecule has 1 aliphatic carbocycles. The lowest BCUT2D eigenvalue weighted by atomic mass is 9.86. The first-order valence-electron chi connectivity index (χ1n) is 7.43. The van der Waals surface area contributed by atoms with Crippen molar-refractivity contribution in [2.45, 2.75) is 44.6 Å². The lowest BCUT2D eigenvalue weighted by Crippen LogP contribution is -2.30. The Balaban J connectivity index is 2.29. The maximum atomic E-state index is 12.8. The summed E-state index contributed by atoms with van der Waals surface area (Å²) in [6, 6.07) is -0.998. The molecule has 2 aromatic rings.